The second-order valence-corrected chi connectivity index (χ2v) is 5.10. The molecule has 0 fully saturated rings. The molecule has 17 heavy (non-hydrogen) atoms. The molecule has 1 aromatic carbocycles. The molecule has 0 radical (unpaired) electrons. The van der Waals surface area contributed by atoms with Crippen molar-refractivity contribution in [2.24, 2.45) is 0 Å². The maximum absolute atomic E-state index is 5.85. The molecule has 0 spiro atoms. The van der Waals surface area contributed by atoms with Crippen molar-refractivity contribution in [3.05, 3.63) is 22.8 Å². The Bertz CT molecular complexity index is 436. The van der Waals surface area contributed by atoms with E-state index in [4.69, 9.17) is 14.2 Å². The Kier molecular flexibility index (Phi) is 3.04. The quantitative estimate of drug-likeness (QED) is 0.790. The molecule has 0 amide bonds. The Morgan fingerprint density at radius 2 is 1.94 bits per heavy atom. The molecule has 1 aliphatic rings. The minimum absolute atomic E-state index is 0.0982. The van der Waals surface area contributed by atoms with Crippen molar-refractivity contribution < 1.29 is 14.2 Å². The summed E-state index contributed by atoms with van der Waals surface area (Å²) in [6, 6.07) is 2.07. The number of hydrogen-bond acceptors (Lipinski definition) is 3. The van der Waals surface area contributed by atoms with Crippen LogP contribution in [-0.2, 0) is 17.8 Å². The molecule has 3 nitrogen and oxygen atoms in total. The van der Waals surface area contributed by atoms with Gasteiger partial charge in [0.2, 0.25) is 0 Å². The van der Waals surface area contributed by atoms with Crippen molar-refractivity contribution in [2.75, 3.05) is 14.2 Å². The average molecular weight is 236 g/mol. The fraction of sp³-hybridized carbons (Fsp3) is 0.571. The summed E-state index contributed by atoms with van der Waals surface area (Å²) >= 11 is 0. The van der Waals surface area contributed by atoms with E-state index in [-0.39, 0.29) is 5.60 Å². The zero-order chi connectivity index (χ0) is 12.6. The monoisotopic (exact) mass is 236 g/mol. The van der Waals surface area contributed by atoms with Crippen LogP contribution in [0.5, 0.6) is 11.5 Å². The number of benzene rings is 1. The van der Waals surface area contributed by atoms with E-state index in [9.17, 15) is 0 Å². The van der Waals surface area contributed by atoms with E-state index in [0.29, 0.717) is 6.61 Å². The third-order valence-electron chi connectivity index (χ3n) is 3.36. The standard InChI is InChI=1S/C14H20O3/c1-9-11-8-17-14(2,3)7-10(11)6-12(15-4)13(9)16-5/h6H,7-8H2,1-5H3. The Labute approximate surface area is 103 Å². The summed E-state index contributed by atoms with van der Waals surface area (Å²) in [6.45, 7) is 6.93. The van der Waals surface area contributed by atoms with Gasteiger partial charge < -0.3 is 14.2 Å². The molecular weight excluding hydrogens is 216 g/mol. The van der Waals surface area contributed by atoms with Gasteiger partial charge in [-0.2, -0.15) is 0 Å². The normalized spacial score (nSPS) is 17.5. The lowest BCUT2D eigenvalue weighted by Crippen LogP contribution is -2.32. The van der Waals surface area contributed by atoms with Gasteiger partial charge in [-0.3, -0.25) is 0 Å². The van der Waals surface area contributed by atoms with Gasteiger partial charge in [-0.25, -0.2) is 0 Å². The SMILES string of the molecule is COc1cc2c(c(C)c1OC)COC(C)(C)C2. The van der Waals surface area contributed by atoms with Crippen molar-refractivity contribution in [1.29, 1.82) is 0 Å². The Morgan fingerprint density at radius 3 is 2.53 bits per heavy atom. The third-order valence-corrected chi connectivity index (χ3v) is 3.36. The van der Waals surface area contributed by atoms with Crippen LogP contribution in [-0.4, -0.2) is 19.8 Å². The highest BCUT2D eigenvalue weighted by atomic mass is 16.5. The summed E-state index contributed by atoms with van der Waals surface area (Å²) in [5.41, 5.74) is 3.56. The van der Waals surface area contributed by atoms with Gasteiger partial charge in [0, 0.05) is 12.0 Å². The molecule has 0 atom stereocenters. The lowest BCUT2D eigenvalue weighted by molar-refractivity contribution is -0.0405. The Hall–Kier alpha value is -1.22. The van der Waals surface area contributed by atoms with Gasteiger partial charge in [-0.15, -0.1) is 0 Å². The molecule has 0 bridgehead atoms. The van der Waals surface area contributed by atoms with Crippen LogP contribution in [0.15, 0.2) is 6.07 Å². The van der Waals surface area contributed by atoms with E-state index >= 15 is 0 Å². The smallest absolute Gasteiger partial charge is 0.163 e. The minimum Gasteiger partial charge on any atom is -0.493 e. The molecule has 0 unspecified atom stereocenters. The molecule has 1 aromatic rings. The number of fused-ring (bicyclic) bond motifs is 1. The maximum Gasteiger partial charge on any atom is 0.163 e. The summed E-state index contributed by atoms with van der Waals surface area (Å²) < 4.78 is 16.6. The van der Waals surface area contributed by atoms with Crippen molar-refractivity contribution in [3.8, 4) is 11.5 Å². The average Bonchev–Trinajstić information content (AvgIpc) is 2.27. The van der Waals surface area contributed by atoms with Crippen LogP contribution >= 0.6 is 0 Å². The topological polar surface area (TPSA) is 27.7 Å². The third kappa shape index (κ3) is 2.12. The number of hydrogen-bond donors (Lipinski definition) is 0. The first-order chi connectivity index (χ1) is 7.98. The van der Waals surface area contributed by atoms with Crippen molar-refractivity contribution in [2.45, 2.75) is 39.4 Å². The zero-order valence-electron chi connectivity index (χ0n) is 11.2. The molecule has 0 aromatic heterocycles. The van der Waals surface area contributed by atoms with Crippen LogP contribution in [0, 0.1) is 6.92 Å². The molecule has 2 rings (SSSR count). The van der Waals surface area contributed by atoms with Crippen LogP contribution in [0.4, 0.5) is 0 Å². The van der Waals surface area contributed by atoms with Gasteiger partial charge in [0.15, 0.2) is 11.5 Å². The summed E-state index contributed by atoms with van der Waals surface area (Å²) in [6.07, 6.45) is 0.906. The van der Waals surface area contributed by atoms with Gasteiger partial charge in [-0.1, -0.05) is 0 Å². The predicted octanol–water partition coefficient (Wildman–Crippen LogP) is 2.86. The first-order valence-electron chi connectivity index (χ1n) is 5.86. The highest BCUT2D eigenvalue weighted by molar-refractivity contribution is 5.54. The maximum atomic E-state index is 5.85. The Morgan fingerprint density at radius 1 is 1.24 bits per heavy atom. The van der Waals surface area contributed by atoms with Crippen LogP contribution in [0.1, 0.15) is 30.5 Å². The van der Waals surface area contributed by atoms with Crippen molar-refractivity contribution in [3.63, 3.8) is 0 Å². The molecule has 1 heterocycles. The largest absolute Gasteiger partial charge is 0.493 e. The van der Waals surface area contributed by atoms with Gasteiger partial charge in [-0.05, 0) is 38.0 Å². The molecule has 3 heteroatoms. The molecule has 0 aliphatic carbocycles. The van der Waals surface area contributed by atoms with Crippen molar-refractivity contribution >= 4 is 0 Å². The lowest BCUT2D eigenvalue weighted by Gasteiger charge is -2.33. The van der Waals surface area contributed by atoms with E-state index < -0.39 is 0 Å². The Balaban J connectivity index is 2.54. The number of ether oxygens (including phenoxy) is 3. The first-order valence-corrected chi connectivity index (χ1v) is 5.86. The van der Waals surface area contributed by atoms with Gasteiger partial charge >= 0.3 is 0 Å². The van der Waals surface area contributed by atoms with E-state index in [1.165, 1.54) is 11.1 Å². The second kappa shape index (κ2) is 4.22. The molecule has 1 aliphatic heterocycles. The van der Waals surface area contributed by atoms with E-state index in [0.717, 1.165) is 23.5 Å². The van der Waals surface area contributed by atoms with Crippen LogP contribution < -0.4 is 9.47 Å². The first kappa shape index (κ1) is 12.2. The molecule has 0 N–H and O–H groups in total. The zero-order valence-corrected chi connectivity index (χ0v) is 11.2. The highest BCUT2D eigenvalue weighted by Crippen LogP contribution is 2.39. The summed E-state index contributed by atoms with van der Waals surface area (Å²) in [5, 5.41) is 0. The van der Waals surface area contributed by atoms with Crippen LogP contribution in [0.2, 0.25) is 0 Å². The lowest BCUT2D eigenvalue weighted by atomic mass is 9.89. The summed E-state index contributed by atoms with van der Waals surface area (Å²) in [5.74, 6) is 1.62. The molecule has 94 valence electrons. The van der Waals surface area contributed by atoms with E-state index in [1.54, 1.807) is 14.2 Å². The van der Waals surface area contributed by atoms with Crippen LogP contribution in [0.3, 0.4) is 0 Å². The fourth-order valence-electron chi connectivity index (χ4n) is 2.41. The summed E-state index contributed by atoms with van der Waals surface area (Å²) in [4.78, 5) is 0. The second-order valence-electron chi connectivity index (χ2n) is 5.10. The van der Waals surface area contributed by atoms with Gasteiger partial charge in [0.25, 0.3) is 0 Å². The number of methoxy groups -OCH3 is 2. The predicted molar refractivity (Wildman–Crippen MR) is 66.9 cm³/mol. The molecule has 0 saturated heterocycles. The van der Waals surface area contributed by atoms with Crippen molar-refractivity contribution in [1.82, 2.24) is 0 Å². The van der Waals surface area contributed by atoms with E-state index in [2.05, 4.69) is 26.8 Å². The highest BCUT2D eigenvalue weighted by Gasteiger charge is 2.29. The number of rotatable bonds is 2. The van der Waals surface area contributed by atoms with Gasteiger partial charge in [0.05, 0.1) is 26.4 Å². The van der Waals surface area contributed by atoms with Gasteiger partial charge in [0.1, 0.15) is 0 Å². The van der Waals surface area contributed by atoms with Crippen LogP contribution in [0.25, 0.3) is 0 Å². The fourth-order valence-corrected chi connectivity index (χ4v) is 2.41. The molecule has 0 saturated carbocycles. The van der Waals surface area contributed by atoms with E-state index in [1.807, 2.05) is 0 Å². The summed E-state index contributed by atoms with van der Waals surface area (Å²) in [7, 11) is 3.35. The minimum atomic E-state index is -0.0982. The molecular formula is C14H20O3.